The summed E-state index contributed by atoms with van der Waals surface area (Å²) in [5.74, 6) is -1.38. The minimum atomic E-state index is -1.13. The van der Waals surface area contributed by atoms with Gasteiger partial charge in [-0.15, -0.1) is 0 Å². The van der Waals surface area contributed by atoms with E-state index in [2.05, 4.69) is 0 Å². The van der Waals surface area contributed by atoms with Crippen molar-refractivity contribution in [1.29, 1.82) is 0 Å². The van der Waals surface area contributed by atoms with E-state index >= 15 is 0 Å². The Kier molecular flexibility index (Phi) is 14.6. The van der Waals surface area contributed by atoms with Crippen LogP contribution in [0.5, 0.6) is 0 Å². The zero-order chi connectivity index (χ0) is 34.5. The summed E-state index contributed by atoms with van der Waals surface area (Å²) in [7, 11) is 0. The van der Waals surface area contributed by atoms with Gasteiger partial charge in [0.2, 0.25) is 25.2 Å². The molecule has 4 atom stereocenters. The molecule has 0 saturated heterocycles. The van der Waals surface area contributed by atoms with Crippen LogP contribution in [0.3, 0.4) is 0 Å². The second kappa shape index (κ2) is 17.6. The zero-order valence-corrected chi connectivity index (χ0v) is 28.2. The number of rotatable bonds is 16. The molecular formula is C35H46O11. The molecule has 0 aliphatic heterocycles. The van der Waals surface area contributed by atoms with Crippen molar-refractivity contribution in [3.63, 3.8) is 0 Å². The zero-order valence-electron chi connectivity index (χ0n) is 28.2. The normalized spacial score (nSPS) is 15.3. The molecule has 0 N–H and O–H groups in total. The fourth-order valence-electron chi connectivity index (χ4n) is 4.40. The number of benzene rings is 2. The molecule has 0 saturated carbocycles. The van der Waals surface area contributed by atoms with Crippen LogP contribution in [-0.4, -0.2) is 43.3 Å². The molecule has 0 radical (unpaired) electrons. The topological polar surface area (TPSA) is 125 Å². The van der Waals surface area contributed by atoms with Gasteiger partial charge in [-0.1, -0.05) is 101 Å². The molecule has 2 aromatic rings. The van der Waals surface area contributed by atoms with Gasteiger partial charge in [-0.05, 0) is 52.7 Å². The van der Waals surface area contributed by atoms with Crippen LogP contribution in [0.25, 0.3) is 0 Å². The average Bonchev–Trinajstić information content (AvgIpc) is 2.98. The van der Waals surface area contributed by atoms with Crippen LogP contribution in [0.15, 0.2) is 84.0 Å². The number of hydrogen-bond acceptors (Lipinski definition) is 11. The van der Waals surface area contributed by atoms with Crippen molar-refractivity contribution in [3.05, 3.63) is 95.1 Å². The molecule has 11 heteroatoms. The first-order valence-corrected chi connectivity index (χ1v) is 14.9. The summed E-state index contributed by atoms with van der Waals surface area (Å²) in [6.45, 7) is 16.9. The summed E-state index contributed by atoms with van der Waals surface area (Å²) in [5, 5.41) is 0. The van der Waals surface area contributed by atoms with Gasteiger partial charge in [0.15, 0.2) is 0 Å². The highest BCUT2D eigenvalue weighted by Gasteiger charge is 2.24. The minimum Gasteiger partial charge on any atom is -0.405 e. The van der Waals surface area contributed by atoms with E-state index in [0.29, 0.717) is 11.1 Å². The van der Waals surface area contributed by atoms with Crippen molar-refractivity contribution in [2.75, 3.05) is 0 Å². The first-order valence-electron chi connectivity index (χ1n) is 14.9. The standard InChI is InChI=1S/C35H46O11/c1-23(21-34(7,8)29-17-13-11-14-18-29)31(36)45-43-27(5)39-25(3)41-33(38)42-26(4)40-28(6)44-46-32(37)24(2)22-35(9,10)30-19-15-12-16-20-30/h11-22,25-28H,1-10H3/b23-21-,24-22-. The second-order valence-corrected chi connectivity index (χ2v) is 11.8. The molecule has 0 aliphatic carbocycles. The smallest absolute Gasteiger partial charge is 0.405 e. The van der Waals surface area contributed by atoms with Crippen LogP contribution in [0.4, 0.5) is 4.79 Å². The van der Waals surface area contributed by atoms with Crippen molar-refractivity contribution in [2.45, 2.75) is 105 Å². The molecule has 0 bridgehead atoms. The second-order valence-electron chi connectivity index (χ2n) is 11.8. The van der Waals surface area contributed by atoms with E-state index in [1.165, 1.54) is 27.7 Å². The van der Waals surface area contributed by atoms with Crippen LogP contribution in [0.2, 0.25) is 0 Å². The summed E-state index contributed by atoms with van der Waals surface area (Å²) in [6.07, 6.45) is -1.96. The summed E-state index contributed by atoms with van der Waals surface area (Å²) < 4.78 is 20.8. The van der Waals surface area contributed by atoms with E-state index in [1.807, 2.05) is 88.4 Å². The first kappa shape index (κ1) is 38.2. The summed E-state index contributed by atoms with van der Waals surface area (Å²) in [5.41, 5.74) is 1.92. The Hall–Kier alpha value is -4.03. The van der Waals surface area contributed by atoms with Gasteiger partial charge in [-0.25, -0.2) is 14.4 Å². The van der Waals surface area contributed by atoms with E-state index in [1.54, 1.807) is 26.0 Å². The largest absolute Gasteiger partial charge is 0.512 e. The molecular weight excluding hydrogens is 596 g/mol. The van der Waals surface area contributed by atoms with Gasteiger partial charge in [-0.3, -0.25) is 9.78 Å². The van der Waals surface area contributed by atoms with Crippen LogP contribution in [-0.2, 0) is 58.9 Å². The fraction of sp³-hybridized carbons (Fsp3) is 0.457. The molecule has 11 nitrogen and oxygen atoms in total. The average molecular weight is 643 g/mol. The van der Waals surface area contributed by atoms with Crippen molar-refractivity contribution in [3.8, 4) is 0 Å². The molecule has 0 aliphatic rings. The lowest BCUT2D eigenvalue weighted by atomic mass is 9.83. The van der Waals surface area contributed by atoms with Crippen LogP contribution in [0.1, 0.15) is 80.4 Å². The molecule has 0 aromatic heterocycles. The number of carbonyl (C=O) groups excluding carboxylic acids is 3. The third kappa shape index (κ3) is 13.1. The third-order valence-electron chi connectivity index (χ3n) is 6.64. The molecule has 0 fully saturated rings. The van der Waals surface area contributed by atoms with Crippen molar-refractivity contribution in [1.82, 2.24) is 0 Å². The number of ether oxygens (including phenoxy) is 4. The Balaban J connectivity index is 1.71. The lowest BCUT2D eigenvalue weighted by molar-refractivity contribution is -0.369. The van der Waals surface area contributed by atoms with Gasteiger partial charge in [-0.2, -0.15) is 9.78 Å². The maximum atomic E-state index is 12.4. The Labute approximate surface area is 271 Å². The molecule has 0 spiro atoms. The Morgan fingerprint density at radius 2 is 0.891 bits per heavy atom. The summed E-state index contributed by atoms with van der Waals surface area (Å²) in [6, 6.07) is 19.4. The van der Waals surface area contributed by atoms with Crippen LogP contribution < -0.4 is 0 Å². The molecule has 4 unspecified atom stereocenters. The predicted molar refractivity (Wildman–Crippen MR) is 168 cm³/mol. The predicted octanol–water partition coefficient (Wildman–Crippen LogP) is 7.35. The fourth-order valence-corrected chi connectivity index (χ4v) is 4.40. The third-order valence-corrected chi connectivity index (χ3v) is 6.64. The minimum absolute atomic E-state index is 0.342. The summed E-state index contributed by atoms with van der Waals surface area (Å²) in [4.78, 5) is 56.8. The first-order chi connectivity index (χ1) is 21.5. The maximum absolute atomic E-state index is 12.4. The number of allylic oxidation sites excluding steroid dienone is 2. The highest BCUT2D eigenvalue weighted by molar-refractivity contribution is 5.88. The van der Waals surface area contributed by atoms with E-state index < -0.39 is 54.1 Å². The molecule has 0 heterocycles. The quantitative estimate of drug-likeness (QED) is 0.0600. The molecule has 2 aromatic carbocycles. The number of hydrogen-bond donors (Lipinski definition) is 0. The van der Waals surface area contributed by atoms with Crippen molar-refractivity contribution in [2.24, 2.45) is 0 Å². The van der Waals surface area contributed by atoms with Gasteiger partial charge >= 0.3 is 18.1 Å². The highest BCUT2D eigenvalue weighted by Crippen LogP contribution is 2.27. The van der Waals surface area contributed by atoms with Crippen molar-refractivity contribution >= 4 is 18.1 Å². The van der Waals surface area contributed by atoms with E-state index in [9.17, 15) is 14.4 Å². The molecule has 2 rings (SSSR count). The van der Waals surface area contributed by atoms with Gasteiger partial charge in [0.05, 0.1) is 0 Å². The van der Waals surface area contributed by atoms with Crippen LogP contribution in [0, 0.1) is 0 Å². The van der Waals surface area contributed by atoms with Gasteiger partial charge < -0.3 is 18.9 Å². The highest BCUT2D eigenvalue weighted by atomic mass is 17.2. The van der Waals surface area contributed by atoms with E-state index in [0.717, 1.165) is 11.1 Å². The Bertz CT molecular complexity index is 1230. The molecule has 252 valence electrons. The van der Waals surface area contributed by atoms with E-state index in [4.69, 9.17) is 38.5 Å². The van der Waals surface area contributed by atoms with Gasteiger partial charge in [0, 0.05) is 22.0 Å². The van der Waals surface area contributed by atoms with Gasteiger partial charge in [0.1, 0.15) is 0 Å². The van der Waals surface area contributed by atoms with Gasteiger partial charge in [0.25, 0.3) is 0 Å². The molecule has 0 amide bonds. The monoisotopic (exact) mass is 642 g/mol. The van der Waals surface area contributed by atoms with Crippen molar-refractivity contribution < 1.29 is 52.9 Å². The Morgan fingerprint density at radius 3 is 1.22 bits per heavy atom. The van der Waals surface area contributed by atoms with E-state index in [-0.39, 0.29) is 0 Å². The summed E-state index contributed by atoms with van der Waals surface area (Å²) >= 11 is 0. The van der Waals surface area contributed by atoms with Crippen LogP contribution >= 0.6 is 0 Å². The maximum Gasteiger partial charge on any atom is 0.512 e. The Morgan fingerprint density at radius 1 is 0.565 bits per heavy atom. The SMILES string of the molecule is C/C(=C/C(C)(C)c1ccccc1)C(=O)OOC(C)OC(C)OC(=O)OC(C)OC(C)OOC(=O)/C(C)=C\C(C)(C)c1ccccc1. The number of carbonyl (C=O) groups is 3. The molecule has 46 heavy (non-hydrogen) atoms. The lowest BCUT2D eigenvalue weighted by Crippen LogP contribution is -2.30. The lowest BCUT2D eigenvalue weighted by Gasteiger charge is -2.22.